The molecular weight excluding hydrogens is 284 g/mol. The van der Waals surface area contributed by atoms with Crippen molar-refractivity contribution in [3.8, 4) is 0 Å². The normalized spacial score (nSPS) is 21.5. The Kier molecular flexibility index (Phi) is 3.93. The highest BCUT2D eigenvalue weighted by atomic mass is 32.2. The minimum absolute atomic E-state index is 0.288. The van der Waals surface area contributed by atoms with Gasteiger partial charge in [0.05, 0.1) is 10.6 Å². The lowest BCUT2D eigenvalue weighted by molar-refractivity contribution is -0.387. The van der Waals surface area contributed by atoms with Crippen molar-refractivity contribution in [2.24, 2.45) is 17.7 Å². The molecule has 0 aromatic heterocycles. The summed E-state index contributed by atoms with van der Waals surface area (Å²) in [5.41, 5.74) is 2.09. The van der Waals surface area contributed by atoms with Gasteiger partial charge in [0.1, 0.15) is 0 Å². The first-order valence-corrected chi connectivity index (χ1v) is 7.58. The summed E-state index contributed by atoms with van der Waals surface area (Å²) >= 11 is 0. The minimum atomic E-state index is -3.93. The Morgan fingerprint density at radius 1 is 1.50 bits per heavy atom. The summed E-state index contributed by atoms with van der Waals surface area (Å²) in [6.45, 7) is 2.32. The number of nitrogens with one attached hydrogen (secondary N) is 2. The smallest absolute Gasteiger partial charge is 0.289 e. The van der Waals surface area contributed by atoms with E-state index >= 15 is 0 Å². The summed E-state index contributed by atoms with van der Waals surface area (Å²) in [5, 5.41) is 10.9. The van der Waals surface area contributed by atoms with E-state index in [0.717, 1.165) is 18.6 Å². The van der Waals surface area contributed by atoms with Crippen molar-refractivity contribution < 1.29 is 13.3 Å². The zero-order valence-corrected chi connectivity index (χ0v) is 11.7. The van der Waals surface area contributed by atoms with Crippen molar-refractivity contribution in [1.29, 1.82) is 0 Å². The molecule has 0 aliphatic heterocycles. The van der Waals surface area contributed by atoms with Crippen LogP contribution in [-0.2, 0) is 10.0 Å². The molecule has 1 saturated carbocycles. The van der Waals surface area contributed by atoms with E-state index in [4.69, 9.17) is 5.84 Å². The van der Waals surface area contributed by atoms with Gasteiger partial charge in [0, 0.05) is 12.6 Å². The molecule has 1 fully saturated rings. The first-order chi connectivity index (χ1) is 9.35. The van der Waals surface area contributed by atoms with Crippen LogP contribution < -0.4 is 16.0 Å². The van der Waals surface area contributed by atoms with Crippen LogP contribution in [0.5, 0.6) is 0 Å². The van der Waals surface area contributed by atoms with Gasteiger partial charge in [-0.15, -0.1) is 0 Å². The molecule has 1 aliphatic carbocycles. The SMILES string of the molecule is CC1CC1CNS(=O)(=O)c1cc(NN)ccc1[N+](=O)[O-]. The maximum absolute atomic E-state index is 12.2. The predicted octanol–water partition coefficient (Wildman–Crippen LogP) is 0.815. The Morgan fingerprint density at radius 3 is 2.65 bits per heavy atom. The molecule has 2 atom stereocenters. The highest BCUT2D eigenvalue weighted by Crippen LogP contribution is 2.37. The van der Waals surface area contributed by atoms with Crippen molar-refractivity contribution in [3.05, 3.63) is 28.3 Å². The summed E-state index contributed by atoms with van der Waals surface area (Å²) in [6, 6.07) is 3.61. The topological polar surface area (TPSA) is 127 Å². The van der Waals surface area contributed by atoms with Crippen LogP contribution in [0.3, 0.4) is 0 Å². The molecule has 0 bridgehead atoms. The molecular formula is C11H16N4O4S. The maximum atomic E-state index is 12.2. The van der Waals surface area contributed by atoms with Crippen LogP contribution in [0.4, 0.5) is 11.4 Å². The van der Waals surface area contributed by atoms with E-state index in [2.05, 4.69) is 10.1 Å². The number of nitro benzene ring substituents is 1. The number of nitrogens with two attached hydrogens (primary N) is 1. The summed E-state index contributed by atoms with van der Waals surface area (Å²) in [5.74, 6) is 6.00. The number of hydrazine groups is 1. The van der Waals surface area contributed by atoms with Crippen LogP contribution >= 0.6 is 0 Å². The van der Waals surface area contributed by atoms with E-state index in [0.29, 0.717) is 18.4 Å². The van der Waals surface area contributed by atoms with Gasteiger partial charge in [0.15, 0.2) is 4.90 Å². The number of benzene rings is 1. The molecule has 4 N–H and O–H groups in total. The number of anilines is 1. The van der Waals surface area contributed by atoms with Crippen molar-refractivity contribution in [2.75, 3.05) is 12.0 Å². The first kappa shape index (κ1) is 14.7. The highest BCUT2D eigenvalue weighted by Gasteiger charge is 2.34. The van der Waals surface area contributed by atoms with Gasteiger partial charge < -0.3 is 5.43 Å². The van der Waals surface area contributed by atoms with Crippen molar-refractivity contribution >= 4 is 21.4 Å². The van der Waals surface area contributed by atoms with E-state index in [9.17, 15) is 18.5 Å². The highest BCUT2D eigenvalue weighted by molar-refractivity contribution is 7.89. The van der Waals surface area contributed by atoms with Gasteiger partial charge in [-0.05, 0) is 30.4 Å². The average Bonchev–Trinajstić information content (AvgIpc) is 3.11. The largest absolute Gasteiger partial charge is 0.324 e. The van der Waals surface area contributed by atoms with Crippen LogP contribution in [0.25, 0.3) is 0 Å². The van der Waals surface area contributed by atoms with Crippen molar-refractivity contribution in [3.63, 3.8) is 0 Å². The Labute approximate surface area is 116 Å². The molecule has 1 aromatic rings. The third kappa shape index (κ3) is 3.06. The van der Waals surface area contributed by atoms with Gasteiger partial charge in [0.25, 0.3) is 5.69 Å². The number of rotatable bonds is 6. The monoisotopic (exact) mass is 300 g/mol. The van der Waals surface area contributed by atoms with E-state index in [1.807, 2.05) is 6.92 Å². The Bertz CT molecular complexity index is 631. The summed E-state index contributed by atoms with van der Waals surface area (Å²) in [4.78, 5) is 9.82. The summed E-state index contributed by atoms with van der Waals surface area (Å²) < 4.78 is 26.8. The molecule has 1 aromatic carbocycles. The Balaban J connectivity index is 2.30. The zero-order chi connectivity index (χ0) is 14.9. The second kappa shape index (κ2) is 5.35. The lowest BCUT2D eigenvalue weighted by Crippen LogP contribution is -2.27. The molecule has 0 spiro atoms. The lowest BCUT2D eigenvalue weighted by Gasteiger charge is -2.08. The van der Waals surface area contributed by atoms with Crippen LogP contribution in [0.2, 0.25) is 0 Å². The van der Waals surface area contributed by atoms with Crippen LogP contribution in [-0.4, -0.2) is 19.9 Å². The van der Waals surface area contributed by atoms with Gasteiger partial charge in [-0.25, -0.2) is 13.1 Å². The van der Waals surface area contributed by atoms with Gasteiger partial charge in [-0.1, -0.05) is 6.92 Å². The molecule has 0 amide bonds. The van der Waals surface area contributed by atoms with Gasteiger partial charge >= 0.3 is 0 Å². The number of hydrogen-bond donors (Lipinski definition) is 3. The fourth-order valence-electron chi connectivity index (χ4n) is 1.95. The van der Waals surface area contributed by atoms with Gasteiger partial charge in [0.2, 0.25) is 10.0 Å². The van der Waals surface area contributed by atoms with E-state index < -0.39 is 20.6 Å². The van der Waals surface area contributed by atoms with E-state index in [1.54, 1.807) is 0 Å². The molecule has 2 rings (SSSR count). The molecule has 110 valence electrons. The van der Waals surface area contributed by atoms with Crippen molar-refractivity contribution in [2.45, 2.75) is 18.2 Å². The standard InChI is InChI=1S/C11H16N4O4S/c1-7-4-8(7)6-13-20(18,19)11-5-9(14-12)2-3-10(11)15(16)17/h2-3,5,7-8,13-14H,4,6,12H2,1H3. The third-order valence-corrected chi connectivity index (χ3v) is 4.88. The maximum Gasteiger partial charge on any atom is 0.289 e. The Morgan fingerprint density at radius 2 is 2.15 bits per heavy atom. The first-order valence-electron chi connectivity index (χ1n) is 6.10. The van der Waals surface area contributed by atoms with Crippen LogP contribution in [0.1, 0.15) is 13.3 Å². The fraction of sp³-hybridized carbons (Fsp3) is 0.455. The van der Waals surface area contributed by atoms with Crippen LogP contribution in [0.15, 0.2) is 23.1 Å². The van der Waals surface area contributed by atoms with Crippen molar-refractivity contribution in [1.82, 2.24) is 4.72 Å². The molecule has 0 saturated heterocycles. The molecule has 0 radical (unpaired) electrons. The number of hydrogen-bond acceptors (Lipinski definition) is 6. The van der Waals surface area contributed by atoms with E-state index in [-0.39, 0.29) is 10.6 Å². The molecule has 2 unspecified atom stereocenters. The molecule has 9 heteroatoms. The second-order valence-electron chi connectivity index (χ2n) is 4.91. The van der Waals surface area contributed by atoms with Gasteiger partial charge in [-0.2, -0.15) is 0 Å². The van der Waals surface area contributed by atoms with E-state index in [1.165, 1.54) is 6.07 Å². The summed E-state index contributed by atoms with van der Waals surface area (Å²) in [7, 11) is -3.93. The second-order valence-corrected chi connectivity index (χ2v) is 6.64. The minimum Gasteiger partial charge on any atom is -0.324 e. The number of sulfonamides is 1. The fourth-order valence-corrected chi connectivity index (χ4v) is 3.24. The predicted molar refractivity (Wildman–Crippen MR) is 73.4 cm³/mol. The molecule has 20 heavy (non-hydrogen) atoms. The third-order valence-electron chi connectivity index (χ3n) is 3.42. The number of nitrogens with zero attached hydrogens (tertiary/aromatic N) is 1. The molecule has 8 nitrogen and oxygen atoms in total. The van der Waals surface area contributed by atoms with Crippen LogP contribution in [0, 0.1) is 22.0 Å². The lowest BCUT2D eigenvalue weighted by atomic mass is 10.3. The molecule has 0 heterocycles. The average molecular weight is 300 g/mol. The molecule has 1 aliphatic rings. The quantitative estimate of drug-likeness (QED) is 0.405. The summed E-state index contributed by atoms with van der Waals surface area (Å²) in [6.07, 6.45) is 0.967. The Hall–Kier alpha value is -1.71. The zero-order valence-electron chi connectivity index (χ0n) is 10.9. The number of nitrogen functional groups attached to an aromatic ring is 1. The number of nitro groups is 1. The van der Waals surface area contributed by atoms with Gasteiger partial charge in [-0.3, -0.25) is 16.0 Å².